The summed E-state index contributed by atoms with van der Waals surface area (Å²) in [5, 5.41) is 4.82. The molecule has 1 heterocycles. The molecule has 1 N–H and O–H groups in total. The first kappa shape index (κ1) is 17.0. The Bertz CT molecular complexity index is 873. The molecule has 0 saturated carbocycles. The third-order valence-corrected chi connectivity index (χ3v) is 4.70. The number of carbonyl (C=O) groups is 1. The summed E-state index contributed by atoms with van der Waals surface area (Å²) in [5.41, 5.74) is 2.71. The molecule has 1 amide bonds. The van der Waals surface area contributed by atoms with E-state index in [1.54, 1.807) is 7.11 Å². The van der Waals surface area contributed by atoms with Crippen molar-refractivity contribution in [2.24, 2.45) is 0 Å². The van der Waals surface area contributed by atoms with E-state index in [9.17, 15) is 4.79 Å². The summed E-state index contributed by atoms with van der Waals surface area (Å²) < 4.78 is 11.1. The predicted octanol–water partition coefficient (Wildman–Crippen LogP) is 4.90. The summed E-state index contributed by atoms with van der Waals surface area (Å²) in [6, 6.07) is 17.1. The number of rotatable bonds is 6. The zero-order valence-corrected chi connectivity index (χ0v) is 14.9. The number of ether oxygens (including phenoxy) is 2. The molecular formula is C20H19NO3S. The number of aryl methyl sites for hydroxylation is 1. The highest BCUT2D eigenvalue weighted by Crippen LogP contribution is 2.25. The molecule has 0 spiro atoms. The van der Waals surface area contributed by atoms with E-state index in [-0.39, 0.29) is 5.91 Å². The van der Waals surface area contributed by atoms with Gasteiger partial charge in [0.1, 0.15) is 18.1 Å². The Morgan fingerprint density at radius 3 is 2.56 bits per heavy atom. The van der Waals surface area contributed by atoms with Crippen LogP contribution in [0.5, 0.6) is 11.5 Å². The van der Waals surface area contributed by atoms with Gasteiger partial charge in [0, 0.05) is 5.56 Å². The summed E-state index contributed by atoms with van der Waals surface area (Å²) in [7, 11) is 1.58. The number of anilines is 1. The fraction of sp³-hybridized carbons (Fsp3) is 0.150. The lowest BCUT2D eigenvalue weighted by Crippen LogP contribution is -2.11. The Hall–Kier alpha value is -2.79. The molecule has 1 aromatic heterocycles. The van der Waals surface area contributed by atoms with E-state index < -0.39 is 0 Å². The van der Waals surface area contributed by atoms with Crippen LogP contribution in [0.1, 0.15) is 20.8 Å². The van der Waals surface area contributed by atoms with Crippen LogP contribution < -0.4 is 14.8 Å². The van der Waals surface area contributed by atoms with Gasteiger partial charge >= 0.3 is 0 Å². The van der Waals surface area contributed by atoms with Crippen LogP contribution >= 0.6 is 11.3 Å². The topological polar surface area (TPSA) is 47.6 Å². The summed E-state index contributed by atoms with van der Waals surface area (Å²) in [6.07, 6.45) is 0. The van der Waals surface area contributed by atoms with E-state index in [1.165, 1.54) is 11.3 Å². The fourth-order valence-corrected chi connectivity index (χ4v) is 3.17. The van der Waals surface area contributed by atoms with Gasteiger partial charge in [-0.3, -0.25) is 4.79 Å². The van der Waals surface area contributed by atoms with Gasteiger partial charge < -0.3 is 14.8 Å². The normalized spacial score (nSPS) is 10.3. The number of hydrogen-bond acceptors (Lipinski definition) is 4. The van der Waals surface area contributed by atoms with Crippen molar-refractivity contribution in [1.29, 1.82) is 0 Å². The molecule has 0 aliphatic heterocycles. The van der Waals surface area contributed by atoms with Crippen molar-refractivity contribution in [2.75, 3.05) is 12.4 Å². The highest BCUT2D eigenvalue weighted by atomic mass is 32.1. The summed E-state index contributed by atoms with van der Waals surface area (Å²) in [6.45, 7) is 2.44. The molecule has 0 bridgehead atoms. The van der Waals surface area contributed by atoms with Crippen LogP contribution in [-0.4, -0.2) is 13.0 Å². The average Bonchev–Trinajstić information content (AvgIpc) is 3.11. The maximum Gasteiger partial charge on any atom is 0.265 e. The third kappa shape index (κ3) is 4.19. The monoisotopic (exact) mass is 353 g/mol. The van der Waals surface area contributed by atoms with Crippen molar-refractivity contribution < 1.29 is 14.3 Å². The van der Waals surface area contributed by atoms with E-state index in [4.69, 9.17) is 9.47 Å². The summed E-state index contributed by atoms with van der Waals surface area (Å²) >= 11 is 1.40. The maximum atomic E-state index is 12.4. The lowest BCUT2D eigenvalue weighted by molar-refractivity contribution is 0.103. The summed E-state index contributed by atoms with van der Waals surface area (Å²) in [5.74, 6) is 1.33. The minimum absolute atomic E-state index is 0.156. The van der Waals surface area contributed by atoms with E-state index >= 15 is 0 Å². The molecule has 0 aliphatic carbocycles. The minimum Gasteiger partial charge on any atom is -0.495 e. The number of methoxy groups -OCH3 is 1. The number of nitrogens with one attached hydrogen (secondary N) is 1. The molecule has 0 atom stereocenters. The number of amides is 1. The van der Waals surface area contributed by atoms with Crippen LogP contribution in [0.25, 0.3) is 0 Å². The Morgan fingerprint density at radius 2 is 1.80 bits per heavy atom. The van der Waals surface area contributed by atoms with Crippen LogP contribution in [0.2, 0.25) is 0 Å². The van der Waals surface area contributed by atoms with Gasteiger partial charge in [0.05, 0.1) is 17.7 Å². The van der Waals surface area contributed by atoms with Gasteiger partial charge in [-0.1, -0.05) is 30.3 Å². The highest BCUT2D eigenvalue weighted by Gasteiger charge is 2.12. The summed E-state index contributed by atoms with van der Waals surface area (Å²) in [4.78, 5) is 13.1. The van der Waals surface area contributed by atoms with Gasteiger partial charge in [0.2, 0.25) is 0 Å². The Kier molecular flexibility index (Phi) is 5.36. The molecule has 5 heteroatoms. The SMILES string of the molecule is COc1ccccc1NC(=O)c1cc(COc2ccccc2C)cs1. The lowest BCUT2D eigenvalue weighted by atomic mass is 10.2. The lowest BCUT2D eigenvalue weighted by Gasteiger charge is -2.08. The van der Waals surface area contributed by atoms with Crippen LogP contribution in [0, 0.1) is 6.92 Å². The Morgan fingerprint density at radius 1 is 1.08 bits per heavy atom. The molecule has 2 aromatic carbocycles. The van der Waals surface area contributed by atoms with Crippen molar-refractivity contribution in [2.45, 2.75) is 13.5 Å². The largest absolute Gasteiger partial charge is 0.495 e. The molecule has 3 aromatic rings. The number of benzene rings is 2. The van der Waals surface area contributed by atoms with Gasteiger partial charge in [-0.25, -0.2) is 0 Å². The van der Waals surface area contributed by atoms with Gasteiger partial charge in [-0.05, 0) is 42.1 Å². The smallest absolute Gasteiger partial charge is 0.265 e. The molecule has 0 saturated heterocycles. The van der Waals surface area contributed by atoms with Crippen LogP contribution in [0.3, 0.4) is 0 Å². The zero-order chi connectivity index (χ0) is 17.6. The van der Waals surface area contributed by atoms with Gasteiger partial charge in [-0.2, -0.15) is 0 Å². The standard InChI is InChI=1S/C20H19NO3S/c1-14-7-3-5-9-17(14)24-12-15-11-19(25-13-15)20(22)21-16-8-4-6-10-18(16)23-2/h3-11,13H,12H2,1-2H3,(H,21,22). The molecule has 128 valence electrons. The number of carbonyl (C=O) groups excluding carboxylic acids is 1. The molecule has 3 rings (SSSR count). The van der Waals surface area contributed by atoms with E-state index in [1.807, 2.05) is 66.9 Å². The number of thiophene rings is 1. The van der Waals surface area contributed by atoms with Gasteiger partial charge in [0.25, 0.3) is 5.91 Å². The van der Waals surface area contributed by atoms with E-state index in [2.05, 4.69) is 5.32 Å². The molecule has 25 heavy (non-hydrogen) atoms. The highest BCUT2D eigenvalue weighted by molar-refractivity contribution is 7.12. The van der Waals surface area contributed by atoms with Crippen molar-refractivity contribution in [3.05, 3.63) is 76.0 Å². The fourth-order valence-electron chi connectivity index (χ4n) is 2.38. The molecule has 0 unspecified atom stereocenters. The molecule has 0 aliphatic rings. The van der Waals surface area contributed by atoms with E-state index in [0.717, 1.165) is 16.9 Å². The Labute approximate surface area is 151 Å². The van der Waals surface area contributed by atoms with Crippen molar-refractivity contribution >= 4 is 22.9 Å². The van der Waals surface area contributed by atoms with E-state index in [0.29, 0.717) is 22.9 Å². The van der Waals surface area contributed by atoms with Crippen molar-refractivity contribution in [3.63, 3.8) is 0 Å². The first-order chi connectivity index (χ1) is 12.2. The predicted molar refractivity (Wildman–Crippen MR) is 101 cm³/mol. The zero-order valence-electron chi connectivity index (χ0n) is 14.1. The van der Waals surface area contributed by atoms with Crippen LogP contribution in [0.15, 0.2) is 60.0 Å². The second kappa shape index (κ2) is 7.85. The first-order valence-electron chi connectivity index (χ1n) is 7.87. The van der Waals surface area contributed by atoms with Crippen LogP contribution in [-0.2, 0) is 6.61 Å². The van der Waals surface area contributed by atoms with Gasteiger partial charge in [-0.15, -0.1) is 11.3 Å². The maximum absolute atomic E-state index is 12.4. The second-order valence-electron chi connectivity index (χ2n) is 5.53. The van der Waals surface area contributed by atoms with Crippen molar-refractivity contribution in [1.82, 2.24) is 0 Å². The number of hydrogen-bond donors (Lipinski definition) is 1. The second-order valence-corrected chi connectivity index (χ2v) is 6.44. The molecule has 0 radical (unpaired) electrons. The Balaban J connectivity index is 1.64. The third-order valence-electron chi connectivity index (χ3n) is 3.72. The average molecular weight is 353 g/mol. The molecule has 4 nitrogen and oxygen atoms in total. The minimum atomic E-state index is -0.156. The van der Waals surface area contributed by atoms with Crippen LogP contribution in [0.4, 0.5) is 5.69 Å². The molecule has 0 fully saturated rings. The van der Waals surface area contributed by atoms with Crippen molar-refractivity contribution in [3.8, 4) is 11.5 Å². The first-order valence-corrected chi connectivity index (χ1v) is 8.75. The number of para-hydroxylation sites is 3. The van der Waals surface area contributed by atoms with Gasteiger partial charge in [0.15, 0.2) is 0 Å². The quantitative estimate of drug-likeness (QED) is 0.686. The molecular weight excluding hydrogens is 334 g/mol.